The molecule has 4 nitrogen and oxygen atoms in total. The maximum Gasteiger partial charge on any atom is 0.223 e. The molecule has 1 amide bonds. The molecule has 1 heterocycles. The van der Waals surface area contributed by atoms with Crippen molar-refractivity contribution in [2.75, 3.05) is 19.7 Å². The zero-order chi connectivity index (χ0) is 18.2. The zero-order valence-electron chi connectivity index (χ0n) is 15.6. The topological polar surface area (TPSA) is 42.8 Å². The second kappa shape index (κ2) is 9.39. The number of nitrogens with one attached hydrogen (secondary N) is 2. The first-order valence-corrected chi connectivity index (χ1v) is 9.58. The number of ether oxygens (including phenoxy) is 1. The number of benzene rings is 2. The Labute approximate surface area is 156 Å². The number of amides is 1. The predicted octanol–water partition coefficient (Wildman–Crippen LogP) is 2.26. The molecule has 2 aromatic carbocycles. The molecule has 0 radical (unpaired) electrons. The molecule has 0 aliphatic carbocycles. The predicted molar refractivity (Wildman–Crippen MR) is 103 cm³/mol. The third kappa shape index (κ3) is 5.33. The SMILES string of the molecule is Cc1ccccc1OCCC(=O)NCc1ccccc1C[NH+]1CCCC1. The van der Waals surface area contributed by atoms with E-state index in [1.807, 2.05) is 37.3 Å². The van der Waals surface area contributed by atoms with E-state index in [4.69, 9.17) is 4.74 Å². The number of carbonyl (C=O) groups is 1. The molecular weight excluding hydrogens is 324 g/mol. The van der Waals surface area contributed by atoms with Crippen molar-refractivity contribution in [3.05, 3.63) is 65.2 Å². The minimum absolute atomic E-state index is 0.0295. The van der Waals surface area contributed by atoms with Crippen molar-refractivity contribution < 1.29 is 14.4 Å². The average Bonchev–Trinajstić information content (AvgIpc) is 3.16. The van der Waals surface area contributed by atoms with Gasteiger partial charge in [-0.1, -0.05) is 42.5 Å². The summed E-state index contributed by atoms with van der Waals surface area (Å²) in [4.78, 5) is 13.8. The van der Waals surface area contributed by atoms with Crippen molar-refractivity contribution in [3.63, 3.8) is 0 Å². The van der Waals surface area contributed by atoms with Gasteiger partial charge >= 0.3 is 0 Å². The van der Waals surface area contributed by atoms with Crippen LogP contribution in [0.3, 0.4) is 0 Å². The number of carbonyl (C=O) groups excluding carboxylic acids is 1. The van der Waals surface area contributed by atoms with E-state index in [-0.39, 0.29) is 5.91 Å². The molecule has 0 unspecified atom stereocenters. The Hall–Kier alpha value is -2.33. The molecule has 0 aromatic heterocycles. The highest BCUT2D eigenvalue weighted by atomic mass is 16.5. The van der Waals surface area contributed by atoms with Crippen molar-refractivity contribution in [2.24, 2.45) is 0 Å². The van der Waals surface area contributed by atoms with Crippen molar-refractivity contribution in [1.82, 2.24) is 5.32 Å². The lowest BCUT2D eigenvalue weighted by atomic mass is 10.1. The van der Waals surface area contributed by atoms with E-state index in [0.29, 0.717) is 19.6 Å². The molecule has 2 aromatic rings. The van der Waals surface area contributed by atoms with Gasteiger partial charge in [-0.05, 0) is 24.1 Å². The van der Waals surface area contributed by atoms with Crippen LogP contribution in [0.25, 0.3) is 0 Å². The van der Waals surface area contributed by atoms with Gasteiger partial charge in [-0.3, -0.25) is 4.79 Å². The van der Waals surface area contributed by atoms with Gasteiger partial charge in [-0.2, -0.15) is 0 Å². The highest BCUT2D eigenvalue weighted by molar-refractivity contribution is 5.76. The third-order valence-electron chi connectivity index (χ3n) is 5.03. The quantitative estimate of drug-likeness (QED) is 0.764. The first kappa shape index (κ1) is 18.5. The second-order valence-corrected chi connectivity index (χ2v) is 7.04. The fourth-order valence-corrected chi connectivity index (χ4v) is 3.48. The Morgan fingerprint density at radius 1 is 1.04 bits per heavy atom. The Kier molecular flexibility index (Phi) is 6.67. The first-order valence-electron chi connectivity index (χ1n) is 9.58. The molecule has 0 spiro atoms. The second-order valence-electron chi connectivity index (χ2n) is 7.04. The monoisotopic (exact) mass is 353 g/mol. The van der Waals surface area contributed by atoms with Crippen molar-refractivity contribution in [2.45, 2.75) is 39.3 Å². The highest BCUT2D eigenvalue weighted by Crippen LogP contribution is 2.16. The summed E-state index contributed by atoms with van der Waals surface area (Å²) in [5.41, 5.74) is 3.66. The van der Waals surface area contributed by atoms with E-state index < -0.39 is 0 Å². The first-order chi connectivity index (χ1) is 12.7. The van der Waals surface area contributed by atoms with Crippen LogP contribution in [0.1, 0.15) is 36.0 Å². The molecular formula is C22H29N2O2+. The maximum atomic E-state index is 12.2. The smallest absolute Gasteiger partial charge is 0.223 e. The van der Waals surface area contributed by atoms with Gasteiger partial charge in [0.25, 0.3) is 0 Å². The van der Waals surface area contributed by atoms with Crippen molar-refractivity contribution >= 4 is 5.91 Å². The van der Waals surface area contributed by atoms with Gasteiger partial charge in [0.15, 0.2) is 0 Å². The van der Waals surface area contributed by atoms with Gasteiger partial charge in [0.1, 0.15) is 12.3 Å². The van der Waals surface area contributed by atoms with Crippen LogP contribution in [0.5, 0.6) is 5.75 Å². The number of hydrogen-bond donors (Lipinski definition) is 2. The molecule has 0 bridgehead atoms. The summed E-state index contributed by atoms with van der Waals surface area (Å²) in [6.07, 6.45) is 3.03. The fourth-order valence-electron chi connectivity index (χ4n) is 3.48. The van der Waals surface area contributed by atoms with E-state index in [1.165, 1.54) is 37.1 Å². The molecule has 1 aliphatic rings. The van der Waals surface area contributed by atoms with Crippen LogP contribution in [0.2, 0.25) is 0 Å². The van der Waals surface area contributed by atoms with E-state index in [1.54, 1.807) is 4.90 Å². The summed E-state index contributed by atoms with van der Waals surface area (Å²) in [5, 5.41) is 3.04. The van der Waals surface area contributed by atoms with E-state index in [2.05, 4.69) is 23.5 Å². The van der Waals surface area contributed by atoms with Crippen molar-refractivity contribution in [1.29, 1.82) is 0 Å². The Morgan fingerprint density at radius 2 is 1.73 bits per heavy atom. The Morgan fingerprint density at radius 3 is 2.50 bits per heavy atom. The highest BCUT2D eigenvalue weighted by Gasteiger charge is 2.17. The van der Waals surface area contributed by atoms with Crippen molar-refractivity contribution in [3.8, 4) is 5.75 Å². The molecule has 1 aliphatic heterocycles. The number of aryl methyl sites for hydroxylation is 1. The standard InChI is InChI=1S/C22H28N2O2/c1-18-8-2-5-11-21(18)26-15-12-22(25)23-16-19-9-3-4-10-20(19)17-24-13-6-7-14-24/h2-5,8-11H,6-7,12-17H2,1H3,(H,23,25)/p+1. The molecule has 138 valence electrons. The normalized spacial score (nSPS) is 14.3. The van der Waals surface area contributed by atoms with Crippen LogP contribution in [0.4, 0.5) is 0 Å². The Bertz CT molecular complexity index is 724. The fraction of sp³-hybridized carbons (Fsp3) is 0.409. The summed E-state index contributed by atoms with van der Waals surface area (Å²) < 4.78 is 5.71. The lowest BCUT2D eigenvalue weighted by Gasteiger charge is -2.15. The number of rotatable bonds is 8. The number of likely N-dealkylation sites (tertiary alicyclic amines) is 1. The molecule has 0 atom stereocenters. The van der Waals surface area contributed by atoms with Gasteiger partial charge < -0.3 is 15.0 Å². The van der Waals surface area contributed by atoms with Gasteiger partial charge in [0, 0.05) is 24.9 Å². The van der Waals surface area contributed by atoms with Crippen LogP contribution in [-0.4, -0.2) is 25.6 Å². The van der Waals surface area contributed by atoms with Crippen LogP contribution in [0.15, 0.2) is 48.5 Å². The summed E-state index contributed by atoms with van der Waals surface area (Å²) in [7, 11) is 0. The molecule has 4 heteroatoms. The number of para-hydroxylation sites is 1. The summed E-state index contributed by atoms with van der Waals surface area (Å²) >= 11 is 0. The van der Waals surface area contributed by atoms with E-state index >= 15 is 0 Å². The molecule has 0 saturated carbocycles. The van der Waals surface area contributed by atoms with Gasteiger partial charge in [0.2, 0.25) is 5.91 Å². The number of hydrogen-bond acceptors (Lipinski definition) is 2. The summed E-state index contributed by atoms with van der Waals surface area (Å²) in [5.74, 6) is 0.876. The van der Waals surface area contributed by atoms with Crippen LogP contribution >= 0.6 is 0 Å². The van der Waals surface area contributed by atoms with E-state index in [9.17, 15) is 4.79 Å². The van der Waals surface area contributed by atoms with Gasteiger partial charge in [-0.15, -0.1) is 0 Å². The average molecular weight is 353 g/mol. The van der Waals surface area contributed by atoms with Gasteiger partial charge in [0.05, 0.1) is 26.1 Å². The molecule has 1 saturated heterocycles. The largest absolute Gasteiger partial charge is 0.493 e. The van der Waals surface area contributed by atoms with Gasteiger partial charge in [-0.25, -0.2) is 0 Å². The lowest BCUT2D eigenvalue weighted by Crippen LogP contribution is -3.08. The van der Waals surface area contributed by atoms with Crippen LogP contribution < -0.4 is 15.0 Å². The molecule has 2 N–H and O–H groups in total. The maximum absolute atomic E-state index is 12.2. The molecule has 26 heavy (non-hydrogen) atoms. The van der Waals surface area contributed by atoms with Crippen LogP contribution in [-0.2, 0) is 17.9 Å². The third-order valence-corrected chi connectivity index (χ3v) is 5.03. The zero-order valence-corrected chi connectivity index (χ0v) is 15.6. The lowest BCUT2D eigenvalue weighted by molar-refractivity contribution is -0.901. The minimum atomic E-state index is 0.0295. The van der Waals surface area contributed by atoms with E-state index in [0.717, 1.165) is 17.9 Å². The van der Waals surface area contributed by atoms with Crippen LogP contribution in [0, 0.1) is 6.92 Å². The molecule has 1 fully saturated rings. The molecule has 3 rings (SSSR count). The summed E-state index contributed by atoms with van der Waals surface area (Å²) in [6.45, 7) is 6.58. The number of quaternary nitrogens is 1. The summed E-state index contributed by atoms with van der Waals surface area (Å²) in [6, 6.07) is 16.3. The Balaban J connectivity index is 1.45. The minimum Gasteiger partial charge on any atom is -0.493 e.